The van der Waals surface area contributed by atoms with Gasteiger partial charge in [-0.3, -0.25) is 4.79 Å². The van der Waals surface area contributed by atoms with Gasteiger partial charge in [-0.2, -0.15) is 0 Å². The zero-order valence-corrected chi connectivity index (χ0v) is 14.0. The normalized spacial score (nSPS) is 15.0. The van der Waals surface area contributed by atoms with E-state index in [2.05, 4.69) is 36.5 Å². The van der Waals surface area contributed by atoms with Crippen molar-refractivity contribution in [1.29, 1.82) is 0 Å². The standard InChI is InChI=1S/C19H25NO3/c1-4-15-7-9-16(10-8-15)14(2)12-18(21)20-13-19(3,22)17-6-5-11-23-17/h5-11,14,22H,4,12-13H2,1-3H3,(H,20,21). The van der Waals surface area contributed by atoms with Crippen molar-refractivity contribution in [3.8, 4) is 0 Å². The van der Waals surface area contributed by atoms with Gasteiger partial charge in [-0.15, -0.1) is 0 Å². The molecule has 2 N–H and O–H groups in total. The Labute approximate surface area is 137 Å². The van der Waals surface area contributed by atoms with Crippen LogP contribution < -0.4 is 5.32 Å². The topological polar surface area (TPSA) is 62.5 Å². The number of rotatable bonds is 7. The number of aryl methyl sites for hydroxylation is 1. The first-order valence-electron chi connectivity index (χ1n) is 8.04. The summed E-state index contributed by atoms with van der Waals surface area (Å²) in [6.45, 7) is 5.90. The average molecular weight is 315 g/mol. The fraction of sp³-hybridized carbons (Fsp3) is 0.421. The van der Waals surface area contributed by atoms with Gasteiger partial charge < -0.3 is 14.8 Å². The summed E-state index contributed by atoms with van der Waals surface area (Å²) in [5, 5.41) is 13.1. The molecule has 1 aromatic heterocycles. The number of hydrogen-bond donors (Lipinski definition) is 2. The van der Waals surface area contributed by atoms with Gasteiger partial charge in [-0.1, -0.05) is 38.1 Å². The summed E-state index contributed by atoms with van der Waals surface area (Å²) in [6.07, 6.45) is 2.91. The minimum absolute atomic E-state index is 0.0797. The van der Waals surface area contributed by atoms with Gasteiger partial charge in [-0.05, 0) is 42.5 Å². The van der Waals surface area contributed by atoms with E-state index in [1.54, 1.807) is 19.1 Å². The first-order valence-corrected chi connectivity index (χ1v) is 8.04. The molecule has 0 fully saturated rings. The molecule has 0 saturated carbocycles. The fourth-order valence-electron chi connectivity index (χ4n) is 2.49. The van der Waals surface area contributed by atoms with Crippen molar-refractivity contribution in [3.05, 3.63) is 59.5 Å². The molecule has 0 aliphatic rings. The molecular weight excluding hydrogens is 290 g/mol. The summed E-state index contributed by atoms with van der Waals surface area (Å²) in [6, 6.07) is 11.8. The molecule has 2 atom stereocenters. The van der Waals surface area contributed by atoms with Gasteiger partial charge in [0.1, 0.15) is 11.4 Å². The Balaban J connectivity index is 1.86. The van der Waals surface area contributed by atoms with Gasteiger partial charge in [0.15, 0.2) is 0 Å². The van der Waals surface area contributed by atoms with Gasteiger partial charge in [0.2, 0.25) is 5.91 Å². The Morgan fingerprint density at radius 1 is 1.30 bits per heavy atom. The van der Waals surface area contributed by atoms with Crippen LogP contribution in [0.3, 0.4) is 0 Å². The molecule has 0 aliphatic carbocycles. The predicted octanol–water partition coefficient (Wildman–Crippen LogP) is 3.36. The van der Waals surface area contributed by atoms with Crippen molar-refractivity contribution < 1.29 is 14.3 Å². The molecule has 2 aromatic rings. The third kappa shape index (κ3) is 4.70. The number of carbonyl (C=O) groups excluding carboxylic acids is 1. The summed E-state index contributed by atoms with van der Waals surface area (Å²) < 4.78 is 5.20. The maximum absolute atomic E-state index is 12.1. The number of aliphatic hydroxyl groups is 1. The van der Waals surface area contributed by atoms with E-state index >= 15 is 0 Å². The molecule has 1 heterocycles. The molecule has 0 spiro atoms. The molecule has 4 nitrogen and oxygen atoms in total. The Hall–Kier alpha value is -2.07. The second-order valence-electron chi connectivity index (χ2n) is 6.23. The van der Waals surface area contributed by atoms with Crippen molar-refractivity contribution in [1.82, 2.24) is 5.32 Å². The minimum atomic E-state index is -1.20. The molecular formula is C19H25NO3. The smallest absolute Gasteiger partial charge is 0.220 e. The summed E-state index contributed by atoms with van der Waals surface area (Å²) in [7, 11) is 0. The minimum Gasteiger partial charge on any atom is -0.466 e. The van der Waals surface area contributed by atoms with E-state index in [1.807, 2.05) is 6.92 Å². The molecule has 23 heavy (non-hydrogen) atoms. The second kappa shape index (κ2) is 7.47. The van der Waals surface area contributed by atoms with E-state index in [0.717, 1.165) is 12.0 Å². The van der Waals surface area contributed by atoms with Crippen LogP contribution in [-0.4, -0.2) is 17.6 Å². The maximum Gasteiger partial charge on any atom is 0.220 e. The summed E-state index contributed by atoms with van der Waals surface area (Å²) in [5.74, 6) is 0.499. The van der Waals surface area contributed by atoms with Crippen molar-refractivity contribution in [2.24, 2.45) is 0 Å². The first kappa shape index (κ1) is 17.3. The van der Waals surface area contributed by atoms with Crippen LogP contribution in [0.15, 0.2) is 47.1 Å². The quantitative estimate of drug-likeness (QED) is 0.823. The van der Waals surface area contributed by atoms with E-state index in [1.165, 1.54) is 11.8 Å². The maximum atomic E-state index is 12.1. The van der Waals surface area contributed by atoms with Crippen LogP contribution in [-0.2, 0) is 16.8 Å². The summed E-state index contributed by atoms with van der Waals surface area (Å²) in [4.78, 5) is 12.1. The van der Waals surface area contributed by atoms with E-state index in [0.29, 0.717) is 12.2 Å². The first-order chi connectivity index (χ1) is 10.9. The Morgan fingerprint density at radius 2 is 2.00 bits per heavy atom. The molecule has 1 aromatic carbocycles. The predicted molar refractivity (Wildman–Crippen MR) is 90.1 cm³/mol. The average Bonchev–Trinajstić information content (AvgIpc) is 3.08. The van der Waals surface area contributed by atoms with Crippen molar-refractivity contribution >= 4 is 5.91 Å². The van der Waals surface area contributed by atoms with E-state index in [-0.39, 0.29) is 18.4 Å². The van der Waals surface area contributed by atoms with Gasteiger partial charge in [0.05, 0.1) is 12.8 Å². The molecule has 1 amide bonds. The van der Waals surface area contributed by atoms with Crippen LogP contribution in [0.1, 0.15) is 50.0 Å². The number of hydrogen-bond acceptors (Lipinski definition) is 3. The Morgan fingerprint density at radius 3 is 2.57 bits per heavy atom. The van der Waals surface area contributed by atoms with Crippen LogP contribution >= 0.6 is 0 Å². The lowest BCUT2D eigenvalue weighted by Crippen LogP contribution is -2.38. The molecule has 2 unspecified atom stereocenters. The second-order valence-corrected chi connectivity index (χ2v) is 6.23. The van der Waals surface area contributed by atoms with E-state index in [4.69, 9.17) is 4.42 Å². The number of amides is 1. The molecule has 0 aliphatic heterocycles. The van der Waals surface area contributed by atoms with Crippen molar-refractivity contribution in [3.63, 3.8) is 0 Å². The molecule has 0 saturated heterocycles. The highest BCUT2D eigenvalue weighted by atomic mass is 16.4. The van der Waals surface area contributed by atoms with Crippen LogP contribution in [0.25, 0.3) is 0 Å². The highest BCUT2D eigenvalue weighted by molar-refractivity contribution is 5.76. The third-order valence-corrected chi connectivity index (χ3v) is 4.13. The zero-order chi connectivity index (χ0) is 16.9. The number of carbonyl (C=O) groups is 1. The van der Waals surface area contributed by atoms with Crippen LogP contribution in [0, 0.1) is 0 Å². The SMILES string of the molecule is CCc1ccc(C(C)CC(=O)NCC(C)(O)c2ccco2)cc1. The van der Waals surface area contributed by atoms with Gasteiger partial charge in [0.25, 0.3) is 0 Å². The lowest BCUT2D eigenvalue weighted by molar-refractivity contribution is -0.122. The van der Waals surface area contributed by atoms with Crippen LogP contribution in [0.2, 0.25) is 0 Å². The molecule has 0 radical (unpaired) electrons. The van der Waals surface area contributed by atoms with E-state index < -0.39 is 5.60 Å². The number of furan rings is 1. The van der Waals surface area contributed by atoms with Gasteiger partial charge >= 0.3 is 0 Å². The van der Waals surface area contributed by atoms with Gasteiger partial charge in [0, 0.05) is 6.42 Å². The van der Waals surface area contributed by atoms with Crippen LogP contribution in [0.5, 0.6) is 0 Å². The monoisotopic (exact) mass is 315 g/mol. The lowest BCUT2D eigenvalue weighted by atomic mass is 9.96. The summed E-state index contributed by atoms with van der Waals surface area (Å²) >= 11 is 0. The highest BCUT2D eigenvalue weighted by Gasteiger charge is 2.27. The lowest BCUT2D eigenvalue weighted by Gasteiger charge is -2.21. The van der Waals surface area contributed by atoms with Gasteiger partial charge in [-0.25, -0.2) is 0 Å². The van der Waals surface area contributed by atoms with E-state index in [9.17, 15) is 9.90 Å². The highest BCUT2D eigenvalue weighted by Crippen LogP contribution is 2.22. The van der Waals surface area contributed by atoms with Crippen molar-refractivity contribution in [2.45, 2.75) is 45.1 Å². The molecule has 4 heteroatoms. The molecule has 2 rings (SSSR count). The Bertz CT molecular complexity index is 615. The number of nitrogens with one attached hydrogen (secondary N) is 1. The third-order valence-electron chi connectivity index (χ3n) is 4.13. The van der Waals surface area contributed by atoms with Crippen LogP contribution in [0.4, 0.5) is 0 Å². The molecule has 0 bridgehead atoms. The molecule has 124 valence electrons. The zero-order valence-electron chi connectivity index (χ0n) is 14.0. The Kier molecular flexibility index (Phi) is 5.61. The largest absolute Gasteiger partial charge is 0.466 e. The van der Waals surface area contributed by atoms with Crippen molar-refractivity contribution in [2.75, 3.05) is 6.54 Å². The summed E-state index contributed by atoms with van der Waals surface area (Å²) in [5.41, 5.74) is 1.24. The fourth-order valence-corrected chi connectivity index (χ4v) is 2.49. The number of benzene rings is 1.